The Hall–Kier alpha value is -2.60. The zero-order valence-electron chi connectivity index (χ0n) is 15.2. The van der Waals surface area contributed by atoms with Gasteiger partial charge in [-0.25, -0.2) is 4.98 Å². The lowest BCUT2D eigenvalue weighted by atomic mass is 10.0. The van der Waals surface area contributed by atoms with Gasteiger partial charge in [-0.2, -0.15) is 0 Å². The van der Waals surface area contributed by atoms with Crippen molar-refractivity contribution in [3.63, 3.8) is 0 Å². The van der Waals surface area contributed by atoms with E-state index in [9.17, 15) is 4.79 Å². The van der Waals surface area contributed by atoms with Crippen LogP contribution in [-0.2, 0) is 0 Å². The largest absolute Gasteiger partial charge is 0.462 e. The van der Waals surface area contributed by atoms with Gasteiger partial charge in [0.1, 0.15) is 17.3 Å². The number of hydrogen-bond donors (Lipinski definition) is 1. The van der Waals surface area contributed by atoms with Gasteiger partial charge in [-0.1, -0.05) is 29.5 Å². The molecule has 0 amide bonds. The average Bonchev–Trinajstić information content (AvgIpc) is 3.23. The highest BCUT2D eigenvalue weighted by Gasteiger charge is 2.20. The fourth-order valence-electron chi connectivity index (χ4n) is 2.52. The summed E-state index contributed by atoms with van der Waals surface area (Å²) < 4.78 is 5.48. The quantitative estimate of drug-likeness (QED) is 0.498. The number of nitrogens with zero attached hydrogens (tertiary/aromatic N) is 2. The average molecular weight is 367 g/mol. The van der Waals surface area contributed by atoms with Crippen molar-refractivity contribution in [2.75, 3.05) is 0 Å². The van der Waals surface area contributed by atoms with Crippen LogP contribution >= 0.6 is 11.8 Å². The molecule has 26 heavy (non-hydrogen) atoms. The van der Waals surface area contributed by atoms with Crippen LogP contribution in [0.5, 0.6) is 0 Å². The normalized spacial score (nSPS) is 12.6. The maximum Gasteiger partial charge on any atom is 0.209 e. The van der Waals surface area contributed by atoms with E-state index in [0.717, 1.165) is 28.2 Å². The second-order valence-corrected chi connectivity index (χ2v) is 7.54. The monoisotopic (exact) mass is 367 g/mol. The molecule has 6 heteroatoms. The zero-order chi connectivity index (χ0) is 18.7. The summed E-state index contributed by atoms with van der Waals surface area (Å²) in [5.41, 5.74) is 2.82. The van der Waals surface area contributed by atoms with Crippen molar-refractivity contribution in [3.8, 4) is 0 Å². The number of ketones is 1. The molecule has 0 spiro atoms. The fraction of sp³-hybridized carbons (Fsp3) is 0.250. The number of furan rings is 1. The molecule has 2 heterocycles. The molecule has 1 N–H and O–H groups in total. The number of hydrogen-bond acceptors (Lipinski definition) is 5. The summed E-state index contributed by atoms with van der Waals surface area (Å²) in [6.07, 6.45) is 3.62. The molecule has 1 atom stereocenters. The Morgan fingerprint density at radius 1 is 1.19 bits per heavy atom. The number of aromatic nitrogens is 3. The van der Waals surface area contributed by atoms with Crippen LogP contribution in [0, 0.1) is 20.8 Å². The van der Waals surface area contributed by atoms with Crippen LogP contribution in [0.3, 0.4) is 0 Å². The molecule has 1 aromatic carbocycles. The molecular formula is C20H21N3O2S. The second kappa shape index (κ2) is 7.74. The van der Waals surface area contributed by atoms with Crippen LogP contribution in [0.25, 0.3) is 12.2 Å². The van der Waals surface area contributed by atoms with Crippen molar-refractivity contribution in [3.05, 3.63) is 64.4 Å². The van der Waals surface area contributed by atoms with Crippen LogP contribution in [0.15, 0.2) is 39.9 Å². The van der Waals surface area contributed by atoms with Crippen LogP contribution in [0.1, 0.15) is 45.8 Å². The van der Waals surface area contributed by atoms with Gasteiger partial charge in [-0.05, 0) is 63.6 Å². The number of benzene rings is 1. The number of carbonyl (C=O) groups excluding carboxylic acids is 1. The first-order valence-electron chi connectivity index (χ1n) is 8.37. The van der Waals surface area contributed by atoms with Crippen molar-refractivity contribution in [2.24, 2.45) is 0 Å². The first-order valence-corrected chi connectivity index (χ1v) is 9.25. The lowest BCUT2D eigenvalue weighted by Gasteiger charge is -2.11. The molecule has 0 saturated carbocycles. The van der Waals surface area contributed by atoms with Gasteiger partial charge >= 0.3 is 0 Å². The molecule has 0 radical (unpaired) electrons. The maximum absolute atomic E-state index is 12.7. The number of carbonyl (C=O) groups is 1. The van der Waals surface area contributed by atoms with E-state index in [1.54, 1.807) is 6.08 Å². The molecule has 134 valence electrons. The number of thioether (sulfide) groups is 1. The van der Waals surface area contributed by atoms with Crippen LogP contribution in [0.4, 0.5) is 0 Å². The Morgan fingerprint density at radius 2 is 2.00 bits per heavy atom. The molecule has 3 rings (SSSR count). The molecule has 0 bridgehead atoms. The Labute approximate surface area is 156 Å². The summed E-state index contributed by atoms with van der Waals surface area (Å²) in [6.45, 7) is 7.72. The zero-order valence-corrected chi connectivity index (χ0v) is 16.1. The maximum atomic E-state index is 12.7. The summed E-state index contributed by atoms with van der Waals surface area (Å²) in [6, 6.07) is 9.72. The predicted molar refractivity (Wildman–Crippen MR) is 104 cm³/mol. The number of nitrogens with one attached hydrogen (secondary N) is 1. The summed E-state index contributed by atoms with van der Waals surface area (Å²) in [4.78, 5) is 17.1. The Bertz CT molecular complexity index is 956. The Morgan fingerprint density at radius 3 is 2.73 bits per heavy atom. The summed E-state index contributed by atoms with van der Waals surface area (Å²) in [5.74, 6) is 2.32. The third kappa shape index (κ3) is 4.32. The minimum absolute atomic E-state index is 0.0872. The summed E-state index contributed by atoms with van der Waals surface area (Å²) >= 11 is 1.35. The molecule has 0 aliphatic carbocycles. The van der Waals surface area contributed by atoms with E-state index in [0.29, 0.717) is 11.0 Å². The third-order valence-electron chi connectivity index (χ3n) is 3.96. The minimum atomic E-state index is -0.268. The van der Waals surface area contributed by atoms with E-state index in [1.165, 1.54) is 11.8 Å². The summed E-state index contributed by atoms with van der Waals surface area (Å²) in [7, 11) is 0. The van der Waals surface area contributed by atoms with Crippen molar-refractivity contribution in [2.45, 2.75) is 38.1 Å². The van der Waals surface area contributed by atoms with Gasteiger partial charge in [0.05, 0.1) is 5.25 Å². The molecule has 1 unspecified atom stereocenters. The van der Waals surface area contributed by atoms with E-state index in [2.05, 4.69) is 15.2 Å². The van der Waals surface area contributed by atoms with E-state index in [-0.39, 0.29) is 11.0 Å². The van der Waals surface area contributed by atoms with Crippen molar-refractivity contribution in [1.29, 1.82) is 0 Å². The van der Waals surface area contributed by atoms with Gasteiger partial charge in [-0.3, -0.25) is 9.89 Å². The number of rotatable bonds is 6. The van der Waals surface area contributed by atoms with Gasteiger partial charge in [0.25, 0.3) is 0 Å². The number of Topliss-reactive ketones (excluding diaryl/α,β-unsaturated/α-hetero) is 1. The fourth-order valence-corrected chi connectivity index (χ4v) is 3.32. The molecule has 0 fully saturated rings. The van der Waals surface area contributed by atoms with Gasteiger partial charge in [-0.15, -0.1) is 5.10 Å². The van der Waals surface area contributed by atoms with E-state index < -0.39 is 0 Å². The first-order chi connectivity index (χ1) is 12.4. The van der Waals surface area contributed by atoms with E-state index >= 15 is 0 Å². The molecule has 5 nitrogen and oxygen atoms in total. The minimum Gasteiger partial charge on any atom is -0.462 e. The number of aromatic amines is 1. The smallest absolute Gasteiger partial charge is 0.209 e. The van der Waals surface area contributed by atoms with Crippen LogP contribution < -0.4 is 0 Å². The molecule has 0 aliphatic rings. The van der Waals surface area contributed by atoms with Crippen molar-refractivity contribution in [1.82, 2.24) is 15.2 Å². The topological polar surface area (TPSA) is 71.8 Å². The van der Waals surface area contributed by atoms with Crippen molar-refractivity contribution >= 4 is 29.7 Å². The lowest BCUT2D eigenvalue weighted by molar-refractivity contribution is 0.0993. The molecule has 0 saturated heterocycles. The third-order valence-corrected chi connectivity index (χ3v) is 4.92. The van der Waals surface area contributed by atoms with E-state index in [1.807, 2.05) is 64.1 Å². The second-order valence-electron chi connectivity index (χ2n) is 6.23. The first kappa shape index (κ1) is 18.2. The van der Waals surface area contributed by atoms with Gasteiger partial charge in [0.2, 0.25) is 5.16 Å². The van der Waals surface area contributed by atoms with Crippen LogP contribution in [0.2, 0.25) is 0 Å². The number of aryl methyl sites for hydroxylation is 3. The SMILES string of the molecule is Cc1ccc(C)c(C(=O)C(C)Sc2n[nH]c(/C=C/c3ccc(C)o3)n2)c1. The Kier molecular flexibility index (Phi) is 5.42. The predicted octanol–water partition coefficient (Wildman–Crippen LogP) is 4.86. The molecule has 3 aromatic rings. The van der Waals surface area contributed by atoms with Gasteiger partial charge < -0.3 is 4.42 Å². The standard InChI is InChI=1S/C20H21N3O2S/c1-12-5-6-13(2)17(11-12)19(24)15(4)26-20-21-18(22-23-20)10-9-16-8-7-14(3)25-16/h5-11,15H,1-4H3,(H,21,22,23)/b10-9+. The van der Waals surface area contributed by atoms with Gasteiger partial charge in [0, 0.05) is 5.56 Å². The van der Waals surface area contributed by atoms with Gasteiger partial charge in [0.15, 0.2) is 5.78 Å². The molecular weight excluding hydrogens is 346 g/mol. The highest BCUT2D eigenvalue weighted by molar-refractivity contribution is 8.00. The number of H-pyrrole nitrogens is 1. The van der Waals surface area contributed by atoms with E-state index in [4.69, 9.17) is 4.42 Å². The summed E-state index contributed by atoms with van der Waals surface area (Å²) in [5, 5.41) is 7.33. The van der Waals surface area contributed by atoms with Crippen molar-refractivity contribution < 1.29 is 9.21 Å². The highest BCUT2D eigenvalue weighted by atomic mass is 32.2. The molecule has 2 aromatic heterocycles. The highest BCUT2D eigenvalue weighted by Crippen LogP contribution is 2.24. The van der Waals surface area contributed by atoms with Crippen LogP contribution in [-0.4, -0.2) is 26.2 Å². The Balaban J connectivity index is 1.67. The lowest BCUT2D eigenvalue weighted by Crippen LogP contribution is -2.15. The molecule has 0 aliphatic heterocycles.